The number of fused-ring (bicyclic) bond motifs is 1. The van der Waals surface area contributed by atoms with E-state index in [-0.39, 0.29) is 34.8 Å². The predicted octanol–water partition coefficient (Wildman–Crippen LogP) is 3.83. The van der Waals surface area contributed by atoms with Gasteiger partial charge in [-0.15, -0.1) is 34.2 Å². The molecular weight excluding hydrogens is 511 g/mol. The van der Waals surface area contributed by atoms with Crippen LogP contribution in [0.5, 0.6) is 5.75 Å². The van der Waals surface area contributed by atoms with E-state index < -0.39 is 0 Å². The number of aromatic nitrogens is 3. The first kappa shape index (κ1) is 24.8. The van der Waals surface area contributed by atoms with Crippen LogP contribution in [0.1, 0.15) is 50.4 Å². The van der Waals surface area contributed by atoms with E-state index in [0.717, 1.165) is 42.1 Å². The van der Waals surface area contributed by atoms with Crippen LogP contribution in [-0.2, 0) is 13.6 Å². The van der Waals surface area contributed by atoms with Crippen molar-refractivity contribution in [2.45, 2.75) is 51.4 Å². The molecule has 2 N–H and O–H groups in total. The van der Waals surface area contributed by atoms with Crippen molar-refractivity contribution in [1.82, 2.24) is 25.4 Å². The Morgan fingerprint density at radius 3 is 2.77 bits per heavy atom. The highest BCUT2D eigenvalue weighted by Crippen LogP contribution is 2.31. The Hall–Kier alpha value is -1.49. The molecule has 3 rings (SSSR count). The third kappa shape index (κ3) is 7.04. The van der Waals surface area contributed by atoms with E-state index in [1.54, 1.807) is 0 Å². The Kier molecular flexibility index (Phi) is 9.27. The summed E-state index contributed by atoms with van der Waals surface area (Å²) in [5.74, 6) is 4.49. The van der Waals surface area contributed by atoms with Gasteiger partial charge in [0.15, 0.2) is 11.8 Å². The molecule has 0 saturated carbocycles. The molecule has 2 heterocycles. The first-order valence-corrected chi connectivity index (χ1v) is 11.1. The van der Waals surface area contributed by atoms with Gasteiger partial charge in [0.1, 0.15) is 18.1 Å². The fourth-order valence-electron chi connectivity index (χ4n) is 3.07. The monoisotopic (exact) mass is 544 g/mol. The van der Waals surface area contributed by atoms with E-state index in [9.17, 15) is 0 Å². The Bertz CT molecular complexity index is 848. The molecule has 0 aliphatic carbocycles. The number of nitrogens with one attached hydrogen (secondary N) is 2. The molecule has 1 atom stereocenters. The van der Waals surface area contributed by atoms with Gasteiger partial charge in [-0.25, -0.2) is 4.99 Å². The maximum Gasteiger partial charge on any atom is 0.192 e. The van der Waals surface area contributed by atoms with Crippen molar-refractivity contribution in [1.29, 1.82) is 0 Å². The number of halogens is 1. The Morgan fingerprint density at radius 2 is 2.07 bits per heavy atom. The molecule has 0 spiro atoms. The van der Waals surface area contributed by atoms with Crippen molar-refractivity contribution in [3.8, 4) is 5.75 Å². The van der Waals surface area contributed by atoms with Crippen molar-refractivity contribution < 1.29 is 4.74 Å². The largest absolute Gasteiger partial charge is 0.493 e. The van der Waals surface area contributed by atoms with Crippen LogP contribution in [0.2, 0.25) is 0 Å². The molecule has 30 heavy (non-hydrogen) atoms. The number of hydrogen-bond donors (Lipinski definition) is 2. The number of benzene rings is 1. The van der Waals surface area contributed by atoms with Crippen LogP contribution in [0.25, 0.3) is 0 Å². The minimum atomic E-state index is 0. The highest BCUT2D eigenvalue weighted by Gasteiger charge is 2.22. The molecule has 1 unspecified atom stereocenters. The summed E-state index contributed by atoms with van der Waals surface area (Å²) >= 11 is 1.94. The lowest BCUT2D eigenvalue weighted by Gasteiger charge is -2.28. The lowest BCUT2D eigenvalue weighted by Crippen LogP contribution is -2.42. The molecule has 166 valence electrons. The van der Waals surface area contributed by atoms with Crippen molar-refractivity contribution in [3.63, 3.8) is 0 Å². The van der Waals surface area contributed by atoms with Crippen LogP contribution in [0.3, 0.4) is 0 Å². The second kappa shape index (κ2) is 11.2. The molecule has 2 aromatic rings. The average Bonchev–Trinajstić information content (AvgIpc) is 3.00. The fraction of sp³-hybridized carbons (Fsp3) is 0.571. The molecule has 0 bridgehead atoms. The summed E-state index contributed by atoms with van der Waals surface area (Å²) in [4.78, 5) is 4.79. The molecule has 0 fully saturated rings. The van der Waals surface area contributed by atoms with Crippen molar-refractivity contribution in [3.05, 3.63) is 41.5 Å². The van der Waals surface area contributed by atoms with E-state index in [2.05, 4.69) is 53.7 Å². The van der Waals surface area contributed by atoms with Crippen molar-refractivity contribution in [2.24, 2.45) is 12.0 Å². The lowest BCUT2D eigenvalue weighted by molar-refractivity contribution is 0.261. The van der Waals surface area contributed by atoms with Crippen LogP contribution in [-0.4, -0.2) is 44.4 Å². The Morgan fingerprint density at radius 1 is 1.30 bits per heavy atom. The van der Waals surface area contributed by atoms with Crippen molar-refractivity contribution in [2.75, 3.05) is 18.9 Å². The molecule has 9 heteroatoms. The van der Waals surface area contributed by atoms with Crippen LogP contribution in [0.15, 0.2) is 29.3 Å². The highest BCUT2D eigenvalue weighted by atomic mass is 127. The van der Waals surface area contributed by atoms with Gasteiger partial charge in [0.2, 0.25) is 0 Å². The summed E-state index contributed by atoms with van der Waals surface area (Å²) in [6, 6.07) is 8.37. The maximum atomic E-state index is 5.79. The normalized spacial score (nSPS) is 16.3. The highest BCUT2D eigenvalue weighted by molar-refractivity contribution is 14.0. The number of thioether (sulfide) groups is 1. The van der Waals surface area contributed by atoms with Gasteiger partial charge >= 0.3 is 0 Å². The Balaban J connectivity index is 0.00000320. The van der Waals surface area contributed by atoms with E-state index in [1.807, 2.05) is 42.4 Å². The summed E-state index contributed by atoms with van der Waals surface area (Å²) in [5, 5.41) is 15.4. The molecule has 0 saturated heterocycles. The molecular formula is C21H33IN6OS. The Labute approximate surface area is 200 Å². The summed E-state index contributed by atoms with van der Waals surface area (Å²) in [7, 11) is 1.97. The summed E-state index contributed by atoms with van der Waals surface area (Å²) in [6.07, 6.45) is 0.900. The number of aryl methyl sites for hydroxylation is 1. The number of ether oxygens (including phenoxy) is 1. The smallest absolute Gasteiger partial charge is 0.192 e. The molecule has 0 radical (unpaired) electrons. The van der Waals surface area contributed by atoms with E-state index in [0.29, 0.717) is 13.2 Å². The first-order valence-electron chi connectivity index (χ1n) is 10.1. The first-order chi connectivity index (χ1) is 13.8. The lowest BCUT2D eigenvalue weighted by atomic mass is 10.0. The zero-order valence-corrected chi connectivity index (χ0v) is 21.6. The number of aliphatic imine (C=N–C) groups is 1. The van der Waals surface area contributed by atoms with Crippen LogP contribution in [0, 0.1) is 6.92 Å². The van der Waals surface area contributed by atoms with Crippen LogP contribution in [0.4, 0.5) is 0 Å². The average molecular weight is 545 g/mol. The third-order valence-electron chi connectivity index (χ3n) is 4.76. The van der Waals surface area contributed by atoms with Crippen LogP contribution < -0.4 is 15.4 Å². The van der Waals surface area contributed by atoms with Crippen LogP contribution >= 0.6 is 35.7 Å². The van der Waals surface area contributed by atoms with Gasteiger partial charge < -0.3 is 19.9 Å². The van der Waals surface area contributed by atoms with Gasteiger partial charge in [-0.05, 0) is 13.0 Å². The molecule has 0 amide bonds. The third-order valence-corrected chi connectivity index (χ3v) is 6.03. The number of para-hydroxylation sites is 1. The maximum absolute atomic E-state index is 5.79. The van der Waals surface area contributed by atoms with Gasteiger partial charge in [0, 0.05) is 36.1 Å². The number of nitrogens with zero attached hydrogens (tertiary/aromatic N) is 4. The molecule has 7 nitrogen and oxygen atoms in total. The zero-order valence-electron chi connectivity index (χ0n) is 18.4. The van der Waals surface area contributed by atoms with Gasteiger partial charge in [0.05, 0.1) is 12.6 Å². The second-order valence-electron chi connectivity index (χ2n) is 8.15. The van der Waals surface area contributed by atoms with Gasteiger partial charge in [-0.1, -0.05) is 39.0 Å². The zero-order chi connectivity index (χ0) is 20.9. The number of guanidine groups is 1. The number of hydrogen-bond acceptors (Lipinski definition) is 5. The van der Waals surface area contributed by atoms with Gasteiger partial charge in [-0.2, -0.15) is 11.8 Å². The van der Waals surface area contributed by atoms with Crippen molar-refractivity contribution >= 4 is 41.7 Å². The van der Waals surface area contributed by atoms with E-state index in [1.165, 1.54) is 5.56 Å². The summed E-state index contributed by atoms with van der Waals surface area (Å²) in [6.45, 7) is 10.7. The predicted molar refractivity (Wildman–Crippen MR) is 135 cm³/mol. The van der Waals surface area contributed by atoms with Gasteiger partial charge in [-0.3, -0.25) is 0 Å². The number of rotatable bonds is 6. The fourth-order valence-corrected chi connectivity index (χ4v) is 3.89. The standard InChI is InChI=1S/C21H32N6OS.HI/c1-15-25-26-19(27(15)5)14-23-20(22-11-13-29-21(2,3)4)24-17-10-12-28-18-9-7-6-8-16(17)18;/h6-9,17H,10-14H2,1-5H3,(H2,22,23,24);1H. The molecule has 1 aliphatic rings. The molecule has 1 aromatic heterocycles. The minimum Gasteiger partial charge on any atom is -0.493 e. The quantitative estimate of drug-likeness (QED) is 0.249. The molecule has 1 aromatic carbocycles. The topological polar surface area (TPSA) is 76.4 Å². The van der Waals surface area contributed by atoms with Gasteiger partial charge in [0.25, 0.3) is 0 Å². The SMILES string of the molecule is Cc1nnc(CN=C(NCCSC(C)(C)C)NC2CCOc3ccccc32)n1C.I. The minimum absolute atomic E-state index is 0. The second-order valence-corrected chi connectivity index (χ2v) is 10.1. The van der Waals surface area contributed by atoms with E-state index in [4.69, 9.17) is 9.73 Å². The van der Waals surface area contributed by atoms with E-state index >= 15 is 0 Å². The molecule has 1 aliphatic heterocycles. The summed E-state index contributed by atoms with van der Waals surface area (Å²) in [5.41, 5.74) is 1.17. The summed E-state index contributed by atoms with van der Waals surface area (Å²) < 4.78 is 8.02.